The van der Waals surface area contributed by atoms with Crippen molar-refractivity contribution in [2.45, 2.75) is 111 Å². The third-order valence-corrected chi connectivity index (χ3v) is 15.3. The molecule has 25 heteroatoms. The van der Waals surface area contributed by atoms with Gasteiger partial charge in [-0.25, -0.2) is 49.8 Å². The van der Waals surface area contributed by atoms with Gasteiger partial charge in [0.05, 0.1) is 0 Å². The summed E-state index contributed by atoms with van der Waals surface area (Å²) < 4.78 is 0. The van der Waals surface area contributed by atoms with Crippen LogP contribution in [0.4, 0.5) is 46.5 Å². The molecule has 9 rings (SSSR count). The molecule has 7 aromatic heterocycles. The van der Waals surface area contributed by atoms with Crippen LogP contribution in [0.2, 0.25) is 0 Å². The van der Waals surface area contributed by atoms with Gasteiger partial charge in [-0.15, -0.1) is 0 Å². The van der Waals surface area contributed by atoms with Crippen LogP contribution in [0.1, 0.15) is 111 Å². The van der Waals surface area contributed by atoms with E-state index >= 15 is 0 Å². The Kier molecular flexibility index (Phi) is 18.9. The summed E-state index contributed by atoms with van der Waals surface area (Å²) in [6.07, 6.45) is 0. The zero-order valence-electron chi connectivity index (χ0n) is 50.8. The van der Waals surface area contributed by atoms with Crippen molar-refractivity contribution in [3.05, 3.63) is 0 Å². The zero-order valence-corrected chi connectivity index (χ0v) is 53.7. The topological polar surface area (TPSA) is 235 Å². The summed E-state index contributed by atoms with van der Waals surface area (Å²) in [4.78, 5) is 104. The number of fused-ring (bicyclic) bond motifs is 20. The molecule has 8 bridgehead atoms. The van der Waals surface area contributed by atoms with Crippen molar-refractivity contribution in [1.29, 1.82) is 0 Å². The van der Waals surface area contributed by atoms with Gasteiger partial charge in [0.25, 0.3) is 0 Å². The molecule has 426 valence electrons. The molecule has 0 radical (unpaired) electrons. The summed E-state index contributed by atoms with van der Waals surface area (Å²) in [6.45, 7) is 45.1. The molecule has 0 amide bonds. The third kappa shape index (κ3) is 10.7. The Morgan fingerprint density at radius 3 is 0.506 bits per heavy atom. The number of hydrogen-bond acceptors (Lipinski definition) is 22. The van der Waals surface area contributed by atoms with Crippen molar-refractivity contribution in [2.75, 3.05) is 144 Å². The summed E-state index contributed by atoms with van der Waals surface area (Å²) in [5.41, 5.74) is 4.50. The van der Waals surface area contributed by atoms with Crippen LogP contribution >= 0.6 is 0 Å². The van der Waals surface area contributed by atoms with E-state index in [0.29, 0.717) is 196 Å². The number of anilines is 8. The summed E-state index contributed by atoms with van der Waals surface area (Å²) in [5, 5.41) is 0. The summed E-state index contributed by atoms with van der Waals surface area (Å²) >= 11 is 0. The fraction of sp³-hybridized carbons (Fsp3) is 0.571. The maximum atomic E-state index is 5.45. The summed E-state index contributed by atoms with van der Waals surface area (Å²) in [5.74, 6) is 6.72. The molecule has 81 heavy (non-hydrogen) atoms. The van der Waals surface area contributed by atoms with Gasteiger partial charge in [0, 0.05) is 127 Å². The maximum Gasteiger partial charge on any atom is 2.00 e. The smallest absolute Gasteiger partial charge is 0.354 e. The Morgan fingerprint density at radius 2 is 0.358 bits per heavy atom. The minimum Gasteiger partial charge on any atom is -0.354 e. The van der Waals surface area contributed by atoms with Gasteiger partial charge in [-0.3, -0.25) is 0 Å². The van der Waals surface area contributed by atoms with Gasteiger partial charge < -0.3 is 69.1 Å². The molecule has 2 aliphatic rings. The van der Waals surface area contributed by atoms with Crippen molar-refractivity contribution in [2.24, 2.45) is 0 Å². The van der Waals surface area contributed by atoms with Crippen LogP contribution in [0.3, 0.4) is 0 Å². The SMILES string of the molecule is CCN(CC)c1nc2c(nc1N(CC)CC)-c1nc-2nc2[n-]c(nc3nc(nc4[n-]c(n1)c1nc(N(CC)CC)c(N(CC)CC)nc41)-c1nc(N(CC)CC)c(N(CC)CC)nc1-3)c1nc(N(CC)CC)c(N(CC)CC)nc21.[Zn+2]. The van der Waals surface area contributed by atoms with Crippen molar-refractivity contribution in [3.63, 3.8) is 0 Å². The fourth-order valence-electron chi connectivity index (χ4n) is 10.6. The van der Waals surface area contributed by atoms with E-state index in [1.807, 2.05) is 0 Å². The molecule has 0 fully saturated rings. The molecule has 0 unspecified atom stereocenters. The van der Waals surface area contributed by atoms with Gasteiger partial charge in [-0.05, 0) is 111 Å². The predicted molar refractivity (Wildman–Crippen MR) is 325 cm³/mol. The number of rotatable bonds is 24. The van der Waals surface area contributed by atoms with E-state index in [0.717, 1.165) is 0 Å². The Balaban J connectivity index is 0.00000860. The molecule has 24 nitrogen and oxygen atoms in total. The molecule has 9 heterocycles. The number of aromatic nitrogens is 16. The monoisotopic (exact) mass is 1150 g/mol. The van der Waals surface area contributed by atoms with Crippen molar-refractivity contribution < 1.29 is 19.5 Å². The summed E-state index contributed by atoms with van der Waals surface area (Å²) in [6, 6.07) is 0. The predicted octanol–water partition coefficient (Wildman–Crippen LogP) is 8.05. The van der Waals surface area contributed by atoms with Gasteiger partial charge in [-0.1, -0.05) is 0 Å². The van der Waals surface area contributed by atoms with Crippen molar-refractivity contribution in [1.82, 2.24) is 79.7 Å². The van der Waals surface area contributed by atoms with E-state index < -0.39 is 0 Å². The zero-order chi connectivity index (χ0) is 57.1. The van der Waals surface area contributed by atoms with Crippen LogP contribution < -0.4 is 49.2 Å². The molecular weight excluding hydrogens is 1070 g/mol. The van der Waals surface area contributed by atoms with Crippen LogP contribution in [0.15, 0.2) is 0 Å². The van der Waals surface area contributed by atoms with Crippen LogP contribution in [-0.4, -0.2) is 174 Å². The van der Waals surface area contributed by atoms with Gasteiger partial charge in [0.15, 0.2) is 46.5 Å². The quantitative estimate of drug-likeness (QED) is 0.0520. The van der Waals surface area contributed by atoms with Crippen LogP contribution in [0.5, 0.6) is 0 Å². The molecule has 0 aliphatic carbocycles. The first kappa shape index (κ1) is 59.8. The Labute approximate surface area is 488 Å². The molecule has 0 aromatic carbocycles. The van der Waals surface area contributed by atoms with E-state index in [4.69, 9.17) is 79.7 Å². The van der Waals surface area contributed by atoms with E-state index in [1.165, 1.54) is 0 Å². The van der Waals surface area contributed by atoms with Crippen molar-refractivity contribution >= 4 is 91.2 Å². The molecule has 0 spiro atoms. The van der Waals surface area contributed by atoms with E-state index in [-0.39, 0.29) is 65.4 Å². The Morgan fingerprint density at radius 1 is 0.210 bits per heavy atom. The molecular formula is C56H80N24Zn. The molecule has 0 saturated heterocycles. The average molecular weight is 1150 g/mol. The molecule has 2 aliphatic heterocycles. The second-order valence-electron chi connectivity index (χ2n) is 19.1. The maximum absolute atomic E-state index is 5.45. The van der Waals surface area contributed by atoms with E-state index in [9.17, 15) is 0 Å². The van der Waals surface area contributed by atoms with Crippen LogP contribution in [-0.2, 0) is 19.5 Å². The first-order valence-electron chi connectivity index (χ1n) is 29.3. The third-order valence-electron chi connectivity index (χ3n) is 15.3. The normalized spacial score (nSPS) is 11.7. The van der Waals surface area contributed by atoms with Gasteiger partial charge in [-0.2, -0.15) is 0 Å². The number of nitrogens with zero attached hydrogens (tertiary/aromatic N) is 24. The van der Waals surface area contributed by atoms with Crippen LogP contribution in [0.25, 0.3) is 90.7 Å². The standard InChI is InChI=1S/C56H80N24.Zn/c1-17-73(18-2)49-50(74(19-3)20-4)58-34-33(57-49)41-65-42(34)70-44-37-38(62-54(78(27-11)28-12)53(61-37)77(25-9)26-10)46(67-44)72-48-40-39(63-55(79(29-13)30-14)56(64-40)80(31-15)32-16)47(68-48)71-45-36-35(43(66-45)69-41)59-51(75(21-5)22-6)52(60-36)76(23-7)24-8;/h17-32H2,1-16H3;/q-2;+2. The van der Waals surface area contributed by atoms with Crippen LogP contribution in [0, 0.1) is 0 Å². The van der Waals surface area contributed by atoms with E-state index in [1.54, 1.807) is 0 Å². The first-order valence-corrected chi connectivity index (χ1v) is 29.3. The molecule has 0 atom stereocenters. The van der Waals surface area contributed by atoms with Crippen molar-refractivity contribution in [3.8, 4) is 46.1 Å². The van der Waals surface area contributed by atoms with Gasteiger partial charge in [0.1, 0.15) is 68.1 Å². The Hall–Kier alpha value is -7.30. The first-order chi connectivity index (χ1) is 38.9. The second kappa shape index (κ2) is 25.7. The minimum atomic E-state index is 0. The number of hydrogen-bond donors (Lipinski definition) is 0. The van der Waals surface area contributed by atoms with E-state index in [2.05, 4.69) is 150 Å². The Bertz CT molecular complexity index is 3060. The second-order valence-corrected chi connectivity index (χ2v) is 19.1. The van der Waals surface area contributed by atoms with Gasteiger partial charge >= 0.3 is 19.5 Å². The summed E-state index contributed by atoms with van der Waals surface area (Å²) in [7, 11) is 0. The van der Waals surface area contributed by atoms with Gasteiger partial charge in [0.2, 0.25) is 0 Å². The fourth-order valence-corrected chi connectivity index (χ4v) is 10.6. The minimum absolute atomic E-state index is 0. The molecule has 0 saturated carbocycles. The molecule has 0 N–H and O–H groups in total. The average Bonchev–Trinajstić information content (AvgIpc) is 4.37. The largest absolute Gasteiger partial charge is 2.00 e. The molecule has 7 aromatic rings.